The molecular weight excluding hydrogens is 370 g/mol. The lowest BCUT2D eigenvalue weighted by Gasteiger charge is -2.08. The van der Waals surface area contributed by atoms with Crippen molar-refractivity contribution in [1.82, 2.24) is 20.0 Å². The molecule has 0 saturated carbocycles. The Morgan fingerprint density at radius 3 is 2.54 bits per heavy atom. The van der Waals surface area contributed by atoms with Crippen LogP contribution in [0.2, 0.25) is 0 Å². The van der Waals surface area contributed by atoms with Crippen LogP contribution in [0, 0.1) is 11.6 Å². The molecule has 7 nitrogen and oxygen atoms in total. The summed E-state index contributed by atoms with van der Waals surface area (Å²) in [6.45, 7) is 7.44. The Kier molecular flexibility index (Phi) is 5.25. The molecule has 1 N–H and O–H groups in total. The number of H-pyrrole nitrogens is 1. The molecule has 1 aromatic carbocycles. The summed E-state index contributed by atoms with van der Waals surface area (Å²) in [7, 11) is 0. The molecule has 0 aliphatic rings. The van der Waals surface area contributed by atoms with Crippen LogP contribution in [-0.4, -0.2) is 20.0 Å². The van der Waals surface area contributed by atoms with Crippen LogP contribution in [0.15, 0.2) is 75.2 Å². The van der Waals surface area contributed by atoms with Gasteiger partial charge in [0, 0.05) is 23.3 Å². The summed E-state index contributed by atoms with van der Waals surface area (Å²) in [6.07, 6.45) is 2.93. The molecule has 0 aliphatic heterocycles. The summed E-state index contributed by atoms with van der Waals surface area (Å²) in [5.74, 6) is -2.21. The van der Waals surface area contributed by atoms with Gasteiger partial charge in [0.25, 0.3) is 5.56 Å². The number of hydrogen-bond donors (Lipinski definition) is 1. The van der Waals surface area contributed by atoms with Crippen LogP contribution in [0.5, 0.6) is 0 Å². The summed E-state index contributed by atoms with van der Waals surface area (Å²) in [5.41, 5.74) is 0.786. The van der Waals surface area contributed by atoms with E-state index in [9.17, 15) is 18.4 Å². The molecule has 0 atom stereocenters. The van der Waals surface area contributed by atoms with E-state index in [2.05, 4.69) is 28.5 Å². The van der Waals surface area contributed by atoms with Gasteiger partial charge in [0.2, 0.25) is 5.89 Å². The first-order valence-corrected chi connectivity index (χ1v) is 7.98. The first-order chi connectivity index (χ1) is 13.4. The minimum absolute atomic E-state index is 0.0174. The molecule has 0 saturated heterocycles. The molecule has 0 fully saturated rings. The first-order valence-electron chi connectivity index (χ1n) is 7.98. The number of allylic oxidation sites excluding steroid dienone is 4. The largest absolute Gasteiger partial charge is 0.434 e. The lowest BCUT2D eigenvalue weighted by molar-refractivity contribution is 0.501. The molecule has 0 unspecified atom stereocenters. The monoisotopic (exact) mass is 384 g/mol. The molecule has 142 valence electrons. The van der Waals surface area contributed by atoms with Gasteiger partial charge < -0.3 is 4.42 Å². The second-order valence-corrected chi connectivity index (χ2v) is 5.75. The van der Waals surface area contributed by atoms with Gasteiger partial charge in [0.15, 0.2) is 0 Å². The highest BCUT2D eigenvalue weighted by Gasteiger charge is 2.09. The van der Waals surface area contributed by atoms with E-state index >= 15 is 0 Å². The fraction of sp³-hybridized carbons (Fsp3) is 0.0526. The fourth-order valence-corrected chi connectivity index (χ4v) is 2.44. The molecule has 0 bridgehead atoms. The van der Waals surface area contributed by atoms with Crippen molar-refractivity contribution in [3.63, 3.8) is 0 Å². The topological polar surface area (TPSA) is 93.8 Å². The minimum atomic E-state index is -0.752. The van der Waals surface area contributed by atoms with Gasteiger partial charge in [0.05, 0.1) is 12.2 Å². The molecule has 28 heavy (non-hydrogen) atoms. The van der Waals surface area contributed by atoms with Crippen molar-refractivity contribution < 1.29 is 13.2 Å². The third kappa shape index (κ3) is 4.26. The van der Waals surface area contributed by atoms with Crippen LogP contribution in [-0.2, 0) is 6.54 Å². The minimum Gasteiger partial charge on any atom is -0.388 e. The number of nitrogens with zero attached hydrogens (tertiary/aromatic N) is 3. The Bertz CT molecular complexity index is 1180. The van der Waals surface area contributed by atoms with Crippen LogP contribution >= 0.6 is 0 Å². The van der Waals surface area contributed by atoms with Gasteiger partial charge in [0.1, 0.15) is 11.6 Å². The highest BCUT2D eigenvalue weighted by molar-refractivity contribution is 5.70. The van der Waals surface area contributed by atoms with E-state index in [0.717, 1.165) is 22.9 Å². The molecule has 0 aliphatic carbocycles. The van der Waals surface area contributed by atoms with Gasteiger partial charge in [-0.2, -0.15) is 5.10 Å². The maximum Gasteiger partial charge on any atom is 0.434 e. The van der Waals surface area contributed by atoms with Gasteiger partial charge in [-0.25, -0.2) is 23.4 Å². The number of nitrogens with one attached hydrogen (secondary N) is 1. The number of aromatic amines is 1. The number of benzene rings is 1. The second kappa shape index (κ2) is 7.78. The molecule has 0 amide bonds. The van der Waals surface area contributed by atoms with E-state index < -0.39 is 22.9 Å². The third-order valence-electron chi connectivity index (χ3n) is 3.64. The van der Waals surface area contributed by atoms with Crippen molar-refractivity contribution in [2.24, 2.45) is 0 Å². The van der Waals surface area contributed by atoms with Gasteiger partial charge >= 0.3 is 5.76 Å². The molecule has 9 heteroatoms. The molecule has 2 aromatic heterocycles. The van der Waals surface area contributed by atoms with E-state index in [1.54, 1.807) is 0 Å². The summed E-state index contributed by atoms with van der Waals surface area (Å²) in [4.78, 5) is 23.2. The van der Waals surface area contributed by atoms with Crippen LogP contribution < -0.4 is 11.3 Å². The molecule has 3 rings (SSSR count). The number of hydrogen-bond acceptors (Lipinski definition) is 5. The van der Waals surface area contributed by atoms with Gasteiger partial charge in [-0.1, -0.05) is 19.2 Å². The zero-order valence-corrected chi connectivity index (χ0v) is 14.5. The van der Waals surface area contributed by atoms with E-state index in [1.807, 2.05) is 0 Å². The van der Waals surface area contributed by atoms with E-state index in [4.69, 9.17) is 4.42 Å². The highest BCUT2D eigenvalue weighted by atomic mass is 19.1. The quantitative estimate of drug-likeness (QED) is 0.660. The smallest absolute Gasteiger partial charge is 0.388 e. The highest BCUT2D eigenvalue weighted by Crippen LogP contribution is 2.19. The molecule has 0 spiro atoms. The summed E-state index contributed by atoms with van der Waals surface area (Å²) < 4.78 is 32.8. The SMILES string of the molecule is C=C/C(=C\C(=C)Cn1nc(-c2cc(F)cc(F)c2)ccc1=O)c1n[nH]c(=O)o1. The van der Waals surface area contributed by atoms with E-state index in [0.29, 0.717) is 11.1 Å². The van der Waals surface area contributed by atoms with Crippen molar-refractivity contribution in [2.45, 2.75) is 6.54 Å². The Morgan fingerprint density at radius 2 is 1.93 bits per heavy atom. The predicted molar refractivity (Wildman–Crippen MR) is 98.3 cm³/mol. The Hall–Kier alpha value is -3.88. The van der Waals surface area contributed by atoms with Crippen LogP contribution in [0.25, 0.3) is 16.8 Å². The molecule has 2 heterocycles. The van der Waals surface area contributed by atoms with Crippen molar-refractivity contribution in [3.8, 4) is 11.3 Å². The van der Waals surface area contributed by atoms with Crippen molar-refractivity contribution in [1.29, 1.82) is 0 Å². The predicted octanol–water partition coefficient (Wildman–Crippen LogP) is 2.69. The lowest BCUT2D eigenvalue weighted by atomic mass is 10.1. The summed E-state index contributed by atoms with van der Waals surface area (Å²) in [5, 5.41) is 9.96. The van der Waals surface area contributed by atoms with Crippen LogP contribution in [0.4, 0.5) is 8.78 Å². The average Bonchev–Trinajstić information content (AvgIpc) is 3.07. The standard InChI is InChI=1S/C19H14F2N4O3/c1-3-12(18-22-23-19(27)28-18)6-11(2)10-25-17(26)5-4-16(24-25)13-7-14(20)9-15(21)8-13/h3-9H,1-2,10H2,(H,23,27)/b12-6+. The van der Waals surface area contributed by atoms with Gasteiger partial charge in [-0.05, 0) is 29.8 Å². The zero-order valence-electron chi connectivity index (χ0n) is 14.5. The van der Waals surface area contributed by atoms with Crippen molar-refractivity contribution in [2.75, 3.05) is 0 Å². The fourth-order valence-electron chi connectivity index (χ4n) is 2.44. The third-order valence-corrected chi connectivity index (χ3v) is 3.64. The lowest BCUT2D eigenvalue weighted by Crippen LogP contribution is -2.22. The Morgan fingerprint density at radius 1 is 1.21 bits per heavy atom. The molecular formula is C19H14F2N4O3. The maximum absolute atomic E-state index is 13.4. The van der Waals surface area contributed by atoms with E-state index in [1.165, 1.54) is 24.3 Å². The van der Waals surface area contributed by atoms with Crippen LogP contribution in [0.3, 0.4) is 0 Å². The second-order valence-electron chi connectivity index (χ2n) is 5.75. The Balaban J connectivity index is 1.90. The van der Waals surface area contributed by atoms with E-state index in [-0.39, 0.29) is 23.7 Å². The Labute approximate surface area is 157 Å². The summed E-state index contributed by atoms with van der Waals surface area (Å²) in [6, 6.07) is 5.59. The summed E-state index contributed by atoms with van der Waals surface area (Å²) >= 11 is 0. The number of aromatic nitrogens is 4. The number of rotatable bonds is 6. The molecule has 3 aromatic rings. The number of halogens is 2. The van der Waals surface area contributed by atoms with Crippen molar-refractivity contribution >= 4 is 5.57 Å². The normalized spacial score (nSPS) is 11.4. The van der Waals surface area contributed by atoms with Crippen LogP contribution in [0.1, 0.15) is 5.89 Å². The average molecular weight is 384 g/mol. The van der Waals surface area contributed by atoms with Gasteiger partial charge in [-0.3, -0.25) is 4.79 Å². The zero-order chi connectivity index (χ0) is 20.3. The van der Waals surface area contributed by atoms with Crippen molar-refractivity contribution in [3.05, 3.63) is 99.6 Å². The van der Waals surface area contributed by atoms with Gasteiger partial charge in [-0.15, -0.1) is 5.10 Å². The molecule has 0 radical (unpaired) electrons. The maximum atomic E-state index is 13.4. The first kappa shape index (κ1) is 18.9.